The van der Waals surface area contributed by atoms with E-state index in [1.54, 1.807) is 42.5 Å². The molecule has 0 unspecified atom stereocenters. The number of carbonyl (C=O) groups excluding carboxylic acids is 2. The fourth-order valence-electron chi connectivity index (χ4n) is 2.50. The van der Waals surface area contributed by atoms with E-state index in [4.69, 9.17) is 16.3 Å². The van der Waals surface area contributed by atoms with Crippen molar-refractivity contribution in [3.8, 4) is 5.75 Å². The van der Waals surface area contributed by atoms with Gasteiger partial charge in [-0.25, -0.2) is 0 Å². The summed E-state index contributed by atoms with van der Waals surface area (Å²) in [6, 6.07) is 12.0. The Morgan fingerprint density at radius 1 is 1.04 bits per heavy atom. The van der Waals surface area contributed by atoms with Crippen LogP contribution in [0.15, 0.2) is 46.9 Å². The maximum atomic E-state index is 12.2. The minimum Gasteiger partial charge on any atom is -0.492 e. The predicted octanol–water partition coefficient (Wildman–Crippen LogP) is 5.07. The minimum absolute atomic E-state index is 0.145. The molecule has 0 saturated carbocycles. The molecule has 150 valence electrons. The molecule has 2 aromatic carbocycles. The molecule has 5 nitrogen and oxygen atoms in total. The third-order valence-corrected chi connectivity index (χ3v) is 4.91. The highest BCUT2D eigenvalue weighted by Gasteiger charge is 2.11. The van der Waals surface area contributed by atoms with Crippen molar-refractivity contribution in [3.05, 3.63) is 63.1 Å². The van der Waals surface area contributed by atoms with Crippen LogP contribution in [-0.2, 0) is 11.2 Å². The molecule has 0 heterocycles. The molecule has 0 aromatic heterocycles. The van der Waals surface area contributed by atoms with Gasteiger partial charge in [-0.3, -0.25) is 20.4 Å². The van der Waals surface area contributed by atoms with Crippen LogP contribution in [-0.4, -0.2) is 18.4 Å². The lowest BCUT2D eigenvalue weighted by atomic mass is 10.1. The average Bonchev–Trinajstić information content (AvgIpc) is 2.68. The molecular formula is C21H24BrClN2O3. The number of amides is 2. The predicted molar refractivity (Wildman–Crippen MR) is 115 cm³/mol. The van der Waals surface area contributed by atoms with E-state index in [0.29, 0.717) is 27.4 Å². The topological polar surface area (TPSA) is 67.4 Å². The number of hydrogen-bond acceptors (Lipinski definition) is 3. The van der Waals surface area contributed by atoms with Gasteiger partial charge in [0.1, 0.15) is 5.75 Å². The fraction of sp³-hybridized carbons (Fsp3) is 0.333. The first-order valence-electron chi connectivity index (χ1n) is 9.25. The number of unbranched alkanes of at least 4 members (excludes halogenated alkanes) is 3. The zero-order chi connectivity index (χ0) is 20.4. The van der Waals surface area contributed by atoms with Crippen LogP contribution in [0.2, 0.25) is 5.02 Å². The van der Waals surface area contributed by atoms with Crippen LogP contribution in [0, 0.1) is 0 Å². The van der Waals surface area contributed by atoms with E-state index >= 15 is 0 Å². The molecule has 2 aromatic rings. The summed E-state index contributed by atoms with van der Waals surface area (Å²) in [5, 5.41) is 0.608. The largest absolute Gasteiger partial charge is 0.492 e. The molecule has 0 bridgehead atoms. The summed E-state index contributed by atoms with van der Waals surface area (Å²) in [4.78, 5) is 24.2. The zero-order valence-corrected chi connectivity index (χ0v) is 18.1. The number of hydrazine groups is 1. The molecule has 0 radical (unpaired) electrons. The maximum absolute atomic E-state index is 12.2. The van der Waals surface area contributed by atoms with E-state index in [1.807, 2.05) is 0 Å². The van der Waals surface area contributed by atoms with Crippen LogP contribution in [0.25, 0.3) is 0 Å². The maximum Gasteiger partial charge on any atom is 0.269 e. The Balaban J connectivity index is 1.80. The first-order chi connectivity index (χ1) is 13.5. The SMILES string of the molecule is CCCCCCOc1ccc(C(=O)NNC(=O)Cc2ccc(Cl)cc2)cc1Br. The normalized spacial score (nSPS) is 10.4. The van der Waals surface area contributed by atoms with Gasteiger partial charge in [0.05, 0.1) is 17.5 Å². The zero-order valence-electron chi connectivity index (χ0n) is 15.8. The number of rotatable bonds is 9. The molecule has 7 heteroatoms. The van der Waals surface area contributed by atoms with Crippen LogP contribution < -0.4 is 15.6 Å². The van der Waals surface area contributed by atoms with Crippen LogP contribution >= 0.6 is 27.5 Å². The van der Waals surface area contributed by atoms with E-state index in [0.717, 1.165) is 18.4 Å². The Hall–Kier alpha value is -2.05. The molecular weight excluding hydrogens is 444 g/mol. The van der Waals surface area contributed by atoms with Crippen molar-refractivity contribution in [2.45, 2.75) is 39.0 Å². The molecule has 2 rings (SSSR count). The summed E-state index contributed by atoms with van der Waals surface area (Å²) in [7, 11) is 0. The summed E-state index contributed by atoms with van der Waals surface area (Å²) >= 11 is 9.25. The van der Waals surface area contributed by atoms with E-state index in [1.165, 1.54) is 12.8 Å². The van der Waals surface area contributed by atoms with Crippen LogP contribution in [0.5, 0.6) is 5.75 Å². The summed E-state index contributed by atoms with van der Waals surface area (Å²) in [5.41, 5.74) is 6.05. The number of halogens is 2. The monoisotopic (exact) mass is 466 g/mol. The van der Waals surface area contributed by atoms with Gasteiger partial charge in [0, 0.05) is 10.6 Å². The first kappa shape index (κ1) is 22.2. The number of carbonyl (C=O) groups is 2. The van der Waals surface area contributed by atoms with E-state index in [-0.39, 0.29) is 12.3 Å². The molecule has 0 spiro atoms. The number of hydrogen-bond donors (Lipinski definition) is 2. The van der Waals surface area contributed by atoms with Crippen molar-refractivity contribution in [1.82, 2.24) is 10.9 Å². The van der Waals surface area contributed by atoms with Gasteiger partial charge in [-0.2, -0.15) is 0 Å². The second-order valence-corrected chi connectivity index (χ2v) is 7.65. The Morgan fingerprint density at radius 2 is 1.79 bits per heavy atom. The Morgan fingerprint density at radius 3 is 2.46 bits per heavy atom. The van der Waals surface area contributed by atoms with Crippen LogP contribution in [0.3, 0.4) is 0 Å². The Kier molecular flexibility index (Phi) is 9.31. The van der Waals surface area contributed by atoms with Crippen molar-refractivity contribution in [1.29, 1.82) is 0 Å². The van der Waals surface area contributed by atoms with Crippen molar-refractivity contribution in [2.24, 2.45) is 0 Å². The van der Waals surface area contributed by atoms with Crippen molar-refractivity contribution < 1.29 is 14.3 Å². The molecule has 0 saturated heterocycles. The lowest BCUT2D eigenvalue weighted by molar-refractivity contribution is -0.121. The molecule has 0 aliphatic rings. The van der Waals surface area contributed by atoms with Gasteiger partial charge < -0.3 is 4.74 Å². The van der Waals surface area contributed by atoms with E-state index < -0.39 is 5.91 Å². The molecule has 0 fully saturated rings. The summed E-state index contributed by atoms with van der Waals surface area (Å²) in [6.45, 7) is 2.81. The van der Waals surface area contributed by atoms with Crippen LogP contribution in [0.1, 0.15) is 48.5 Å². The molecule has 0 aliphatic heterocycles. The number of benzene rings is 2. The highest BCUT2D eigenvalue weighted by Crippen LogP contribution is 2.26. The number of ether oxygens (including phenoxy) is 1. The molecule has 0 atom stereocenters. The molecule has 2 amide bonds. The smallest absolute Gasteiger partial charge is 0.269 e. The van der Waals surface area contributed by atoms with E-state index in [9.17, 15) is 9.59 Å². The van der Waals surface area contributed by atoms with Gasteiger partial charge in [-0.05, 0) is 58.2 Å². The van der Waals surface area contributed by atoms with Gasteiger partial charge in [0.15, 0.2) is 0 Å². The van der Waals surface area contributed by atoms with Crippen molar-refractivity contribution in [3.63, 3.8) is 0 Å². The van der Waals surface area contributed by atoms with E-state index in [2.05, 4.69) is 33.7 Å². The van der Waals surface area contributed by atoms with Gasteiger partial charge in [0.2, 0.25) is 5.91 Å². The minimum atomic E-state index is -0.403. The Labute approximate surface area is 178 Å². The average molecular weight is 468 g/mol. The second-order valence-electron chi connectivity index (χ2n) is 6.36. The quantitative estimate of drug-likeness (QED) is 0.400. The molecule has 28 heavy (non-hydrogen) atoms. The van der Waals surface area contributed by atoms with Crippen LogP contribution in [0.4, 0.5) is 0 Å². The standard InChI is InChI=1S/C21H24BrClN2O3/c1-2-3-4-5-12-28-19-11-8-16(14-18(19)22)21(27)25-24-20(26)13-15-6-9-17(23)10-7-15/h6-11,14H,2-5,12-13H2,1H3,(H,24,26)(H,25,27). The lowest BCUT2D eigenvalue weighted by Crippen LogP contribution is -2.42. The van der Waals surface area contributed by atoms with Gasteiger partial charge in [-0.1, -0.05) is 49.9 Å². The van der Waals surface area contributed by atoms with Gasteiger partial charge in [0.25, 0.3) is 5.91 Å². The lowest BCUT2D eigenvalue weighted by Gasteiger charge is -2.11. The number of nitrogens with one attached hydrogen (secondary N) is 2. The molecule has 0 aliphatic carbocycles. The third-order valence-electron chi connectivity index (χ3n) is 4.04. The fourth-order valence-corrected chi connectivity index (χ4v) is 3.12. The third kappa shape index (κ3) is 7.52. The first-order valence-corrected chi connectivity index (χ1v) is 10.4. The highest BCUT2D eigenvalue weighted by atomic mass is 79.9. The van der Waals surface area contributed by atoms with Crippen molar-refractivity contribution >= 4 is 39.3 Å². The summed E-state index contributed by atoms with van der Waals surface area (Å²) in [5.74, 6) is -0.0266. The van der Waals surface area contributed by atoms with Crippen molar-refractivity contribution in [2.75, 3.05) is 6.61 Å². The van der Waals surface area contributed by atoms with Gasteiger partial charge >= 0.3 is 0 Å². The highest BCUT2D eigenvalue weighted by molar-refractivity contribution is 9.10. The summed E-state index contributed by atoms with van der Waals surface area (Å²) < 4.78 is 6.43. The van der Waals surface area contributed by atoms with Gasteiger partial charge in [-0.15, -0.1) is 0 Å². The second kappa shape index (κ2) is 11.7. The Bertz CT molecular complexity index is 797. The summed E-state index contributed by atoms with van der Waals surface area (Å²) in [6.07, 6.45) is 4.68. The molecule has 2 N–H and O–H groups in total.